The van der Waals surface area contributed by atoms with Crippen molar-refractivity contribution in [2.24, 2.45) is 0 Å². The molecule has 128 valence electrons. The first-order valence-corrected chi connectivity index (χ1v) is 8.92. The number of hydrogen-bond donors (Lipinski definition) is 0. The fourth-order valence-corrected chi connectivity index (χ4v) is 2.54. The van der Waals surface area contributed by atoms with Gasteiger partial charge >= 0.3 is 0 Å². The van der Waals surface area contributed by atoms with Crippen molar-refractivity contribution in [3.8, 4) is 0 Å². The monoisotopic (exact) mass is 302 g/mol. The van der Waals surface area contributed by atoms with Crippen molar-refractivity contribution in [3.63, 3.8) is 0 Å². The lowest BCUT2D eigenvalue weighted by Crippen LogP contribution is -2.33. The highest BCUT2D eigenvalue weighted by atomic mass is 16.7. The standard InChI is InChI=1S/C18H38O3/c1-5-7-14-18(19-3,20-4)15-12-10-9-11-13-17-21-16-8-6-2/h5-17H2,1-4H3. The van der Waals surface area contributed by atoms with Gasteiger partial charge in [-0.2, -0.15) is 0 Å². The third-order valence-electron chi connectivity index (χ3n) is 4.14. The van der Waals surface area contributed by atoms with E-state index < -0.39 is 0 Å². The van der Waals surface area contributed by atoms with Gasteiger partial charge in [-0.3, -0.25) is 0 Å². The van der Waals surface area contributed by atoms with Crippen LogP contribution >= 0.6 is 0 Å². The molecule has 0 heterocycles. The molecule has 0 N–H and O–H groups in total. The summed E-state index contributed by atoms with van der Waals surface area (Å²) >= 11 is 0. The van der Waals surface area contributed by atoms with Gasteiger partial charge in [-0.1, -0.05) is 46.0 Å². The lowest BCUT2D eigenvalue weighted by Gasteiger charge is -2.31. The van der Waals surface area contributed by atoms with E-state index in [2.05, 4.69) is 13.8 Å². The van der Waals surface area contributed by atoms with Crippen LogP contribution in [0, 0.1) is 0 Å². The van der Waals surface area contributed by atoms with E-state index in [4.69, 9.17) is 14.2 Å². The van der Waals surface area contributed by atoms with Crippen LogP contribution < -0.4 is 0 Å². The molecule has 0 amide bonds. The molecule has 0 unspecified atom stereocenters. The normalized spacial score (nSPS) is 12.0. The maximum atomic E-state index is 5.63. The zero-order valence-corrected chi connectivity index (χ0v) is 14.9. The Morgan fingerprint density at radius 2 is 1.14 bits per heavy atom. The van der Waals surface area contributed by atoms with Gasteiger partial charge in [-0.25, -0.2) is 0 Å². The Hall–Kier alpha value is -0.120. The Labute approximate surface area is 132 Å². The smallest absolute Gasteiger partial charge is 0.167 e. The summed E-state index contributed by atoms with van der Waals surface area (Å²) in [6.45, 7) is 6.26. The first-order valence-electron chi connectivity index (χ1n) is 8.92. The lowest BCUT2D eigenvalue weighted by atomic mass is 10.0. The first-order chi connectivity index (χ1) is 10.2. The van der Waals surface area contributed by atoms with Gasteiger partial charge in [0.25, 0.3) is 0 Å². The van der Waals surface area contributed by atoms with Crippen LogP contribution in [0.15, 0.2) is 0 Å². The van der Waals surface area contributed by atoms with Gasteiger partial charge in [0.15, 0.2) is 5.79 Å². The minimum absolute atomic E-state index is 0.348. The van der Waals surface area contributed by atoms with E-state index >= 15 is 0 Å². The van der Waals surface area contributed by atoms with Crippen LogP contribution in [0.3, 0.4) is 0 Å². The van der Waals surface area contributed by atoms with Crippen molar-refractivity contribution in [2.75, 3.05) is 27.4 Å². The van der Waals surface area contributed by atoms with Crippen LogP contribution in [-0.4, -0.2) is 33.2 Å². The van der Waals surface area contributed by atoms with E-state index in [-0.39, 0.29) is 5.79 Å². The summed E-state index contributed by atoms with van der Waals surface area (Å²) in [7, 11) is 3.54. The highest BCUT2D eigenvalue weighted by Gasteiger charge is 2.27. The fourth-order valence-electron chi connectivity index (χ4n) is 2.54. The Kier molecular flexibility index (Phi) is 14.7. The molecule has 0 saturated carbocycles. The van der Waals surface area contributed by atoms with Crippen LogP contribution in [0.2, 0.25) is 0 Å². The average molecular weight is 302 g/mol. The van der Waals surface area contributed by atoms with Gasteiger partial charge in [0.05, 0.1) is 0 Å². The maximum absolute atomic E-state index is 5.63. The summed E-state index contributed by atoms with van der Waals surface area (Å²) in [5.41, 5.74) is 0. The molecule has 0 saturated heterocycles. The zero-order valence-electron chi connectivity index (χ0n) is 14.9. The van der Waals surface area contributed by atoms with Crippen LogP contribution in [0.25, 0.3) is 0 Å². The van der Waals surface area contributed by atoms with E-state index in [0.717, 1.165) is 32.5 Å². The van der Waals surface area contributed by atoms with E-state index in [0.29, 0.717) is 0 Å². The third-order valence-corrected chi connectivity index (χ3v) is 4.14. The second-order valence-corrected chi connectivity index (χ2v) is 5.91. The molecule has 3 nitrogen and oxygen atoms in total. The van der Waals surface area contributed by atoms with Gasteiger partial charge in [0.1, 0.15) is 0 Å². The highest BCUT2D eigenvalue weighted by molar-refractivity contribution is 4.69. The first kappa shape index (κ1) is 20.9. The van der Waals surface area contributed by atoms with E-state index in [1.165, 1.54) is 51.4 Å². The summed E-state index contributed by atoms with van der Waals surface area (Å²) in [5.74, 6) is -0.348. The summed E-state index contributed by atoms with van der Waals surface area (Å²) in [6, 6.07) is 0. The molecule has 0 aromatic heterocycles. The van der Waals surface area contributed by atoms with Crippen molar-refractivity contribution < 1.29 is 14.2 Å². The Bertz CT molecular complexity index is 203. The fraction of sp³-hybridized carbons (Fsp3) is 1.00. The zero-order chi connectivity index (χ0) is 15.8. The van der Waals surface area contributed by atoms with Crippen molar-refractivity contribution in [1.29, 1.82) is 0 Å². The van der Waals surface area contributed by atoms with Crippen LogP contribution in [0.4, 0.5) is 0 Å². The largest absolute Gasteiger partial charge is 0.381 e. The van der Waals surface area contributed by atoms with E-state index in [1.807, 2.05) is 0 Å². The predicted molar refractivity (Wildman–Crippen MR) is 89.7 cm³/mol. The second kappa shape index (κ2) is 14.8. The van der Waals surface area contributed by atoms with Gasteiger partial charge in [-0.05, 0) is 25.7 Å². The Morgan fingerprint density at radius 3 is 1.76 bits per heavy atom. The number of hydrogen-bond acceptors (Lipinski definition) is 3. The number of ether oxygens (including phenoxy) is 3. The molecule has 3 heteroatoms. The summed E-state index contributed by atoms with van der Waals surface area (Å²) in [4.78, 5) is 0. The molecule has 0 aliphatic heterocycles. The predicted octanol–water partition coefficient (Wildman–Crippen LogP) is 5.32. The van der Waals surface area contributed by atoms with E-state index in [9.17, 15) is 0 Å². The minimum atomic E-state index is -0.348. The SMILES string of the molecule is CCCCOCCCCCCCC(CCCC)(OC)OC. The van der Waals surface area contributed by atoms with Crippen molar-refractivity contribution in [3.05, 3.63) is 0 Å². The molecule has 0 bridgehead atoms. The molecular weight excluding hydrogens is 264 g/mol. The van der Waals surface area contributed by atoms with Crippen molar-refractivity contribution >= 4 is 0 Å². The molecule has 0 aromatic rings. The number of rotatable bonds is 16. The summed E-state index contributed by atoms with van der Waals surface area (Å²) < 4.78 is 16.8. The van der Waals surface area contributed by atoms with Crippen molar-refractivity contribution in [2.45, 2.75) is 90.3 Å². The molecule has 0 spiro atoms. The molecule has 0 aliphatic carbocycles. The molecule has 0 atom stereocenters. The summed E-state index contributed by atoms with van der Waals surface area (Å²) in [5, 5.41) is 0. The summed E-state index contributed by atoms with van der Waals surface area (Å²) in [6.07, 6.45) is 13.0. The topological polar surface area (TPSA) is 27.7 Å². The highest BCUT2D eigenvalue weighted by Crippen LogP contribution is 2.26. The van der Waals surface area contributed by atoms with Crippen molar-refractivity contribution in [1.82, 2.24) is 0 Å². The Morgan fingerprint density at radius 1 is 0.619 bits per heavy atom. The number of unbranched alkanes of at least 4 members (excludes halogenated alkanes) is 6. The average Bonchev–Trinajstić information content (AvgIpc) is 2.52. The third kappa shape index (κ3) is 11.1. The minimum Gasteiger partial charge on any atom is -0.381 e. The van der Waals surface area contributed by atoms with Crippen LogP contribution in [0.5, 0.6) is 0 Å². The van der Waals surface area contributed by atoms with Gasteiger partial charge in [0.2, 0.25) is 0 Å². The molecule has 0 aliphatic rings. The Balaban J connectivity index is 3.53. The number of methoxy groups -OCH3 is 2. The molecule has 0 aromatic carbocycles. The van der Waals surface area contributed by atoms with Crippen LogP contribution in [0.1, 0.15) is 84.5 Å². The van der Waals surface area contributed by atoms with Crippen LogP contribution in [-0.2, 0) is 14.2 Å². The molecule has 0 radical (unpaired) electrons. The quantitative estimate of drug-likeness (QED) is 0.285. The van der Waals surface area contributed by atoms with Gasteiger partial charge < -0.3 is 14.2 Å². The second-order valence-electron chi connectivity index (χ2n) is 5.91. The molecular formula is C18H38O3. The molecule has 21 heavy (non-hydrogen) atoms. The maximum Gasteiger partial charge on any atom is 0.167 e. The van der Waals surface area contributed by atoms with Gasteiger partial charge in [0, 0.05) is 40.3 Å². The lowest BCUT2D eigenvalue weighted by molar-refractivity contribution is -0.216. The van der Waals surface area contributed by atoms with E-state index in [1.54, 1.807) is 14.2 Å². The molecule has 0 fully saturated rings. The van der Waals surface area contributed by atoms with Gasteiger partial charge in [-0.15, -0.1) is 0 Å². The molecule has 0 rings (SSSR count).